The number of aromatic nitrogens is 3. The van der Waals surface area contributed by atoms with Crippen LogP contribution >= 0.6 is 0 Å². The Bertz CT molecular complexity index is 1660. The fourth-order valence-electron chi connectivity index (χ4n) is 4.97. The fourth-order valence-corrected chi connectivity index (χ4v) is 4.97. The minimum absolute atomic E-state index is 0.0559. The number of nitrogens with one attached hydrogen (secondary N) is 1. The highest BCUT2D eigenvalue weighted by Gasteiger charge is 2.28. The van der Waals surface area contributed by atoms with Gasteiger partial charge in [0.1, 0.15) is 11.6 Å². The third-order valence-electron chi connectivity index (χ3n) is 6.76. The Balaban J connectivity index is 1.42. The second kappa shape index (κ2) is 10.2. The molecule has 5 rings (SSSR count). The van der Waals surface area contributed by atoms with Gasteiger partial charge in [0, 0.05) is 18.2 Å². The van der Waals surface area contributed by atoms with Crippen LogP contribution in [0.25, 0.3) is 16.7 Å². The van der Waals surface area contributed by atoms with E-state index in [4.69, 9.17) is 0 Å². The normalized spacial score (nSPS) is 17.4. The molecule has 38 heavy (non-hydrogen) atoms. The summed E-state index contributed by atoms with van der Waals surface area (Å²) in [5.74, 6) is -3.23. The number of benzene rings is 2. The average molecular weight is 524 g/mol. The molecule has 0 saturated heterocycles. The second-order valence-electron chi connectivity index (χ2n) is 9.34. The molecule has 4 aromatic rings. The molecule has 0 spiro atoms. The van der Waals surface area contributed by atoms with Gasteiger partial charge < -0.3 is 10.4 Å². The summed E-state index contributed by atoms with van der Waals surface area (Å²) in [6, 6.07) is 9.49. The minimum atomic E-state index is -1.19. The van der Waals surface area contributed by atoms with Gasteiger partial charge in [0.05, 0.1) is 23.7 Å². The number of hydrogen-bond donors (Lipinski definition) is 2. The average Bonchev–Trinajstić information content (AvgIpc) is 2.87. The van der Waals surface area contributed by atoms with Crippen LogP contribution in [0.15, 0.2) is 64.3 Å². The zero-order valence-electron chi connectivity index (χ0n) is 20.0. The highest BCUT2D eigenvalue weighted by atomic mass is 19.2. The van der Waals surface area contributed by atoms with Crippen LogP contribution in [0.3, 0.4) is 0 Å². The maximum Gasteiger partial charge on any atom is 0.337 e. The van der Waals surface area contributed by atoms with Gasteiger partial charge in [-0.2, -0.15) is 0 Å². The Morgan fingerprint density at radius 2 is 1.76 bits per heavy atom. The van der Waals surface area contributed by atoms with Crippen molar-refractivity contribution in [2.75, 3.05) is 0 Å². The molecule has 11 heteroatoms. The third kappa shape index (κ3) is 4.91. The topological polar surface area (TPSA) is 106 Å². The number of carbonyl (C=O) groups excluding carboxylic acids is 1. The van der Waals surface area contributed by atoms with Crippen LogP contribution in [0.1, 0.15) is 37.3 Å². The Morgan fingerprint density at radius 1 is 1.00 bits per heavy atom. The zero-order valence-corrected chi connectivity index (χ0v) is 20.0. The number of phenolic OH excluding ortho intramolecular Hbond substituents is 1. The first kappa shape index (κ1) is 25.2. The molecule has 0 bridgehead atoms. The van der Waals surface area contributed by atoms with Crippen LogP contribution in [-0.2, 0) is 11.2 Å². The van der Waals surface area contributed by atoms with Crippen molar-refractivity contribution in [1.29, 1.82) is 0 Å². The summed E-state index contributed by atoms with van der Waals surface area (Å²) < 4.78 is 43.6. The van der Waals surface area contributed by atoms with E-state index < -0.39 is 34.7 Å². The summed E-state index contributed by atoms with van der Waals surface area (Å²) >= 11 is 0. The lowest BCUT2D eigenvalue weighted by atomic mass is 9.90. The van der Waals surface area contributed by atoms with E-state index in [0.717, 1.165) is 33.5 Å². The van der Waals surface area contributed by atoms with Gasteiger partial charge in [-0.05, 0) is 61.6 Å². The number of amides is 1. The number of hydrogen-bond acceptors (Lipinski definition) is 5. The number of fused-ring (bicyclic) bond motifs is 1. The van der Waals surface area contributed by atoms with Gasteiger partial charge in [-0.3, -0.25) is 14.2 Å². The number of carbonyl (C=O) groups is 1. The van der Waals surface area contributed by atoms with E-state index in [2.05, 4.69) is 10.3 Å². The second-order valence-corrected chi connectivity index (χ2v) is 9.34. The molecule has 2 heterocycles. The number of nitrogens with zero attached hydrogens (tertiary/aromatic N) is 3. The van der Waals surface area contributed by atoms with Gasteiger partial charge in [-0.25, -0.2) is 27.5 Å². The van der Waals surface area contributed by atoms with E-state index in [1.165, 1.54) is 18.2 Å². The summed E-state index contributed by atoms with van der Waals surface area (Å²) in [5.41, 5.74) is -1.09. The van der Waals surface area contributed by atoms with Gasteiger partial charge in [0.2, 0.25) is 5.91 Å². The molecule has 0 aliphatic heterocycles. The van der Waals surface area contributed by atoms with E-state index >= 15 is 0 Å². The lowest BCUT2D eigenvalue weighted by Crippen LogP contribution is -2.45. The van der Waals surface area contributed by atoms with Gasteiger partial charge in [-0.15, -0.1) is 0 Å². The first-order valence-corrected chi connectivity index (χ1v) is 12.1. The van der Waals surface area contributed by atoms with Gasteiger partial charge in [0.15, 0.2) is 17.3 Å². The molecule has 0 radical (unpaired) electrons. The van der Waals surface area contributed by atoms with Crippen LogP contribution in [0.2, 0.25) is 0 Å². The number of pyridine rings is 1. The Morgan fingerprint density at radius 3 is 2.47 bits per heavy atom. The molecule has 196 valence electrons. The minimum Gasteiger partial charge on any atom is -0.508 e. The SMILES string of the molecule is O=C(Cc1cccc(O)c1)NC1CCC(n2c(=O)c3cc(F)cnc3n(-c3ccc(F)c(F)c3)c2=O)CC1. The Hall–Kier alpha value is -4.41. The van der Waals surface area contributed by atoms with Crippen LogP contribution in [0, 0.1) is 17.5 Å². The molecule has 8 nitrogen and oxygen atoms in total. The summed E-state index contributed by atoms with van der Waals surface area (Å²) in [5, 5.41) is 12.4. The van der Waals surface area contributed by atoms with Crippen molar-refractivity contribution in [1.82, 2.24) is 19.4 Å². The zero-order chi connectivity index (χ0) is 27.0. The van der Waals surface area contributed by atoms with E-state index in [0.29, 0.717) is 31.2 Å². The van der Waals surface area contributed by atoms with Crippen molar-refractivity contribution in [2.45, 2.75) is 44.2 Å². The molecule has 0 atom stereocenters. The molecule has 1 amide bonds. The van der Waals surface area contributed by atoms with E-state index in [-0.39, 0.29) is 40.8 Å². The first-order valence-electron chi connectivity index (χ1n) is 12.1. The standard InChI is InChI=1S/C27H23F3N4O4/c28-16-12-21-25(31-14-16)33(19-8-9-22(29)23(30)13-19)27(38)34(26(21)37)18-6-4-17(5-7-18)32-24(36)11-15-2-1-3-20(35)10-15/h1-3,8-10,12-14,17-18,35H,4-7,11H2,(H,32,36). The predicted octanol–water partition coefficient (Wildman–Crippen LogP) is 3.51. The fraction of sp³-hybridized carbons (Fsp3) is 0.259. The first-order chi connectivity index (χ1) is 18.2. The highest BCUT2D eigenvalue weighted by molar-refractivity contribution is 5.79. The Labute approximate surface area is 214 Å². The maximum atomic E-state index is 14.0. The Kier molecular flexibility index (Phi) is 6.75. The number of rotatable bonds is 5. The number of aromatic hydroxyl groups is 1. The maximum absolute atomic E-state index is 14.0. The highest BCUT2D eigenvalue weighted by Crippen LogP contribution is 2.28. The molecule has 0 unspecified atom stereocenters. The lowest BCUT2D eigenvalue weighted by Gasteiger charge is -2.30. The monoisotopic (exact) mass is 524 g/mol. The molecular weight excluding hydrogens is 501 g/mol. The van der Waals surface area contributed by atoms with Crippen molar-refractivity contribution < 1.29 is 23.1 Å². The van der Waals surface area contributed by atoms with Crippen molar-refractivity contribution in [2.24, 2.45) is 0 Å². The van der Waals surface area contributed by atoms with Gasteiger partial charge in [-0.1, -0.05) is 12.1 Å². The summed E-state index contributed by atoms with van der Waals surface area (Å²) in [6.45, 7) is 0. The smallest absolute Gasteiger partial charge is 0.337 e. The molecule has 1 aliphatic carbocycles. The quantitative estimate of drug-likeness (QED) is 0.416. The van der Waals surface area contributed by atoms with E-state index in [1.807, 2.05) is 0 Å². The lowest BCUT2D eigenvalue weighted by molar-refractivity contribution is -0.121. The molecule has 1 saturated carbocycles. The third-order valence-corrected chi connectivity index (χ3v) is 6.76. The van der Waals surface area contributed by atoms with E-state index in [1.54, 1.807) is 12.1 Å². The number of phenols is 1. The molecule has 1 fully saturated rings. The largest absolute Gasteiger partial charge is 0.508 e. The van der Waals surface area contributed by atoms with Gasteiger partial charge in [0.25, 0.3) is 5.56 Å². The van der Waals surface area contributed by atoms with Crippen molar-refractivity contribution >= 4 is 16.9 Å². The molecule has 1 aliphatic rings. The molecule has 2 aromatic heterocycles. The van der Waals surface area contributed by atoms with Crippen LogP contribution < -0.4 is 16.6 Å². The van der Waals surface area contributed by atoms with E-state index in [9.17, 15) is 32.7 Å². The van der Waals surface area contributed by atoms with Gasteiger partial charge >= 0.3 is 5.69 Å². The summed E-state index contributed by atoms with van der Waals surface area (Å²) in [6.07, 6.45) is 2.64. The van der Waals surface area contributed by atoms with Crippen molar-refractivity contribution in [3.05, 3.63) is 98.6 Å². The van der Waals surface area contributed by atoms with Crippen LogP contribution in [-0.4, -0.2) is 31.2 Å². The van der Waals surface area contributed by atoms with Crippen molar-refractivity contribution in [3.63, 3.8) is 0 Å². The summed E-state index contributed by atoms with van der Waals surface area (Å²) in [7, 11) is 0. The van der Waals surface area contributed by atoms with Crippen LogP contribution in [0.4, 0.5) is 13.2 Å². The van der Waals surface area contributed by atoms with Crippen molar-refractivity contribution in [3.8, 4) is 11.4 Å². The molecular formula is C27H23F3N4O4. The number of halogens is 3. The summed E-state index contributed by atoms with van der Waals surface area (Å²) in [4.78, 5) is 43.3. The van der Waals surface area contributed by atoms with Crippen LogP contribution in [0.5, 0.6) is 5.75 Å². The predicted molar refractivity (Wildman–Crippen MR) is 133 cm³/mol. The molecule has 2 N–H and O–H groups in total. The molecule has 2 aromatic carbocycles.